The summed E-state index contributed by atoms with van der Waals surface area (Å²) < 4.78 is 50.8. The molecule has 1 rings (SSSR count). The van der Waals surface area contributed by atoms with E-state index in [1.54, 1.807) is 0 Å². The van der Waals surface area contributed by atoms with Crippen LogP contribution in [0.25, 0.3) is 0 Å². The summed E-state index contributed by atoms with van der Waals surface area (Å²) in [6, 6.07) is 1.10. The van der Waals surface area contributed by atoms with Crippen LogP contribution in [-0.2, 0) is 10.0 Å². The van der Waals surface area contributed by atoms with Crippen LogP contribution in [0.5, 0.6) is 0 Å². The molecule has 0 saturated carbocycles. The van der Waals surface area contributed by atoms with Crippen LogP contribution in [0, 0.1) is 24.0 Å². The first-order chi connectivity index (χ1) is 7.38. The van der Waals surface area contributed by atoms with E-state index in [0.29, 0.717) is 12.1 Å². The van der Waals surface area contributed by atoms with Gasteiger partial charge in [0.1, 0.15) is 16.5 Å². The summed E-state index contributed by atoms with van der Waals surface area (Å²) in [6.07, 6.45) is 4.85. The second-order valence-electron chi connectivity index (χ2n) is 2.83. The number of nitrogens with one attached hydrogen (secondary N) is 1. The van der Waals surface area contributed by atoms with Crippen molar-refractivity contribution in [1.29, 1.82) is 0 Å². The van der Waals surface area contributed by atoms with Gasteiger partial charge in [-0.2, -0.15) is 4.72 Å². The Kier molecular flexibility index (Phi) is 3.47. The Bertz CT molecular complexity index is 549. The van der Waals surface area contributed by atoms with Crippen molar-refractivity contribution in [2.45, 2.75) is 4.90 Å². The van der Waals surface area contributed by atoms with E-state index in [-0.39, 0.29) is 6.54 Å². The van der Waals surface area contributed by atoms with Gasteiger partial charge in [0, 0.05) is 6.07 Å². The molecule has 1 aromatic carbocycles. The van der Waals surface area contributed by atoms with Gasteiger partial charge in [0.25, 0.3) is 0 Å². The third-order valence-electron chi connectivity index (χ3n) is 1.70. The Labute approximate surface area is 91.5 Å². The number of nitrogens with two attached hydrogens (primary N) is 1. The molecule has 0 radical (unpaired) electrons. The highest BCUT2D eigenvalue weighted by atomic mass is 32.2. The number of nitrogen functional groups attached to an aromatic ring is 1. The summed E-state index contributed by atoms with van der Waals surface area (Å²) in [5.41, 5.74) is 4.68. The number of sulfonamides is 1. The number of anilines is 1. The zero-order valence-corrected chi connectivity index (χ0v) is 8.81. The molecule has 7 heteroatoms. The molecule has 0 aliphatic heterocycles. The lowest BCUT2D eigenvalue weighted by Crippen LogP contribution is -2.25. The average molecular weight is 246 g/mol. The maximum Gasteiger partial charge on any atom is 0.244 e. The summed E-state index contributed by atoms with van der Waals surface area (Å²) in [7, 11) is -4.11. The molecule has 0 spiro atoms. The molecule has 0 amide bonds. The van der Waals surface area contributed by atoms with E-state index < -0.39 is 32.2 Å². The summed E-state index contributed by atoms with van der Waals surface area (Å²) in [5, 5.41) is 0. The molecule has 0 aliphatic rings. The molecule has 0 aliphatic carbocycles. The summed E-state index contributed by atoms with van der Waals surface area (Å²) in [6.45, 7) is -0.293. The molecular weight excluding hydrogens is 238 g/mol. The van der Waals surface area contributed by atoms with E-state index in [1.165, 1.54) is 0 Å². The standard InChI is InChI=1S/C9H8F2N2O2S/c1-2-3-13-16(14,15)9-5-8(12)6(10)4-7(9)11/h1,4-5,13H,3,12H2. The molecule has 16 heavy (non-hydrogen) atoms. The molecule has 0 bridgehead atoms. The molecule has 4 nitrogen and oxygen atoms in total. The number of terminal acetylenes is 1. The normalized spacial score (nSPS) is 11.1. The van der Waals surface area contributed by atoms with Gasteiger partial charge in [-0.1, -0.05) is 5.92 Å². The van der Waals surface area contributed by atoms with Crippen LogP contribution in [0.15, 0.2) is 17.0 Å². The highest BCUT2D eigenvalue weighted by Gasteiger charge is 2.20. The molecule has 0 saturated heterocycles. The summed E-state index contributed by atoms with van der Waals surface area (Å²) >= 11 is 0. The Morgan fingerprint density at radius 1 is 1.38 bits per heavy atom. The fourth-order valence-corrected chi connectivity index (χ4v) is 1.99. The van der Waals surface area contributed by atoms with Gasteiger partial charge >= 0.3 is 0 Å². The van der Waals surface area contributed by atoms with Crippen LogP contribution in [0.4, 0.5) is 14.5 Å². The fourth-order valence-electron chi connectivity index (χ4n) is 0.965. The first kappa shape index (κ1) is 12.4. The smallest absolute Gasteiger partial charge is 0.244 e. The van der Waals surface area contributed by atoms with E-state index in [4.69, 9.17) is 12.2 Å². The third-order valence-corrected chi connectivity index (χ3v) is 3.12. The minimum atomic E-state index is -4.11. The lowest BCUT2D eigenvalue weighted by atomic mass is 10.3. The lowest BCUT2D eigenvalue weighted by Gasteiger charge is -2.06. The van der Waals surface area contributed by atoms with Crippen molar-refractivity contribution >= 4 is 15.7 Å². The quantitative estimate of drug-likeness (QED) is 0.601. The van der Waals surface area contributed by atoms with Crippen LogP contribution < -0.4 is 10.5 Å². The topological polar surface area (TPSA) is 72.2 Å². The van der Waals surface area contributed by atoms with Crippen LogP contribution in [0.1, 0.15) is 0 Å². The number of benzene rings is 1. The van der Waals surface area contributed by atoms with Crippen LogP contribution >= 0.6 is 0 Å². The van der Waals surface area contributed by atoms with E-state index >= 15 is 0 Å². The molecule has 0 unspecified atom stereocenters. The molecule has 3 N–H and O–H groups in total. The minimum Gasteiger partial charge on any atom is -0.396 e. The molecule has 0 atom stereocenters. The first-order valence-corrected chi connectivity index (χ1v) is 5.54. The molecule has 1 aromatic rings. The Morgan fingerprint density at radius 2 is 2.00 bits per heavy atom. The SMILES string of the molecule is C#CCNS(=O)(=O)c1cc(N)c(F)cc1F. The predicted octanol–water partition coefficient (Wildman–Crippen LogP) is 0.459. The van der Waals surface area contributed by atoms with Crippen molar-refractivity contribution < 1.29 is 17.2 Å². The van der Waals surface area contributed by atoms with Gasteiger partial charge in [0.05, 0.1) is 12.2 Å². The third kappa shape index (κ3) is 2.48. The van der Waals surface area contributed by atoms with Gasteiger partial charge in [-0.15, -0.1) is 6.42 Å². The van der Waals surface area contributed by atoms with Crippen LogP contribution in [0.2, 0.25) is 0 Å². The first-order valence-electron chi connectivity index (χ1n) is 4.06. The van der Waals surface area contributed by atoms with Crippen molar-refractivity contribution in [1.82, 2.24) is 4.72 Å². The van der Waals surface area contributed by atoms with E-state index in [9.17, 15) is 17.2 Å². The molecule has 86 valence electrons. The number of halogens is 2. The second kappa shape index (κ2) is 4.47. The minimum absolute atomic E-state index is 0.293. The molecule has 0 heterocycles. The van der Waals surface area contributed by atoms with E-state index in [1.807, 2.05) is 10.6 Å². The van der Waals surface area contributed by atoms with Gasteiger partial charge < -0.3 is 5.73 Å². The zero-order valence-electron chi connectivity index (χ0n) is 8.00. The van der Waals surface area contributed by atoms with E-state index in [0.717, 1.165) is 0 Å². The van der Waals surface area contributed by atoms with Gasteiger partial charge in [-0.25, -0.2) is 17.2 Å². The highest BCUT2D eigenvalue weighted by molar-refractivity contribution is 7.89. The highest BCUT2D eigenvalue weighted by Crippen LogP contribution is 2.20. The largest absolute Gasteiger partial charge is 0.396 e. The number of rotatable bonds is 3. The van der Waals surface area contributed by atoms with Crippen LogP contribution in [0.3, 0.4) is 0 Å². The van der Waals surface area contributed by atoms with Gasteiger partial charge in [-0.05, 0) is 6.07 Å². The van der Waals surface area contributed by atoms with Crippen molar-refractivity contribution in [3.63, 3.8) is 0 Å². The van der Waals surface area contributed by atoms with Crippen molar-refractivity contribution in [2.24, 2.45) is 0 Å². The number of hydrogen-bond donors (Lipinski definition) is 2. The zero-order chi connectivity index (χ0) is 12.3. The predicted molar refractivity (Wildman–Crippen MR) is 54.8 cm³/mol. The van der Waals surface area contributed by atoms with Crippen molar-refractivity contribution in [3.05, 3.63) is 23.8 Å². The number of hydrogen-bond acceptors (Lipinski definition) is 3. The Balaban J connectivity index is 3.24. The fraction of sp³-hybridized carbons (Fsp3) is 0.111. The van der Waals surface area contributed by atoms with Crippen molar-refractivity contribution in [2.75, 3.05) is 12.3 Å². The van der Waals surface area contributed by atoms with Gasteiger partial charge in [0.2, 0.25) is 10.0 Å². The summed E-state index contributed by atoms with van der Waals surface area (Å²) in [5.74, 6) is -0.225. The maximum absolute atomic E-state index is 13.2. The summed E-state index contributed by atoms with van der Waals surface area (Å²) in [4.78, 5) is -0.735. The lowest BCUT2D eigenvalue weighted by molar-refractivity contribution is 0.546. The molecule has 0 aromatic heterocycles. The van der Waals surface area contributed by atoms with Crippen molar-refractivity contribution in [3.8, 4) is 12.3 Å². The van der Waals surface area contributed by atoms with Crippen LogP contribution in [-0.4, -0.2) is 15.0 Å². The van der Waals surface area contributed by atoms with Gasteiger partial charge in [0.15, 0.2) is 0 Å². The average Bonchev–Trinajstić information content (AvgIpc) is 2.20. The monoisotopic (exact) mass is 246 g/mol. The Hall–Kier alpha value is -1.65. The second-order valence-corrected chi connectivity index (χ2v) is 4.57. The maximum atomic E-state index is 13.2. The molecule has 0 fully saturated rings. The van der Waals surface area contributed by atoms with Gasteiger partial charge in [-0.3, -0.25) is 0 Å². The Morgan fingerprint density at radius 3 is 2.56 bits per heavy atom. The molecular formula is C9H8F2N2O2S. The van der Waals surface area contributed by atoms with E-state index in [2.05, 4.69) is 0 Å².